The molecule has 0 aliphatic heterocycles. The van der Waals surface area contributed by atoms with Crippen LogP contribution in [-0.4, -0.2) is 24.4 Å². The van der Waals surface area contributed by atoms with E-state index in [1.165, 1.54) is 17.7 Å². The molecule has 0 unspecified atom stereocenters. The molecule has 0 radical (unpaired) electrons. The van der Waals surface area contributed by atoms with E-state index in [4.69, 9.17) is 0 Å². The molecular weight excluding hydrogens is 308 g/mol. The molecule has 2 aromatic heterocycles. The number of thiophene rings is 1. The molecule has 0 amide bonds. The van der Waals surface area contributed by atoms with E-state index in [0.717, 1.165) is 4.88 Å². The number of aromatic nitrogens is 2. The van der Waals surface area contributed by atoms with E-state index < -0.39 is 10.0 Å². The van der Waals surface area contributed by atoms with Gasteiger partial charge in [0.1, 0.15) is 6.33 Å². The van der Waals surface area contributed by atoms with Crippen LogP contribution in [0.5, 0.6) is 0 Å². The van der Waals surface area contributed by atoms with E-state index >= 15 is 0 Å². The van der Waals surface area contributed by atoms with E-state index in [1.807, 2.05) is 0 Å². The Balaban J connectivity index is 1.99. The number of nitrogens with one attached hydrogen (secondary N) is 2. The van der Waals surface area contributed by atoms with Crippen LogP contribution in [0.3, 0.4) is 0 Å². The van der Waals surface area contributed by atoms with Crippen molar-refractivity contribution in [3.8, 4) is 0 Å². The Kier molecular flexibility index (Phi) is 5.40. The lowest BCUT2D eigenvalue weighted by Crippen LogP contribution is -2.23. The van der Waals surface area contributed by atoms with Gasteiger partial charge in [-0.15, -0.1) is 11.3 Å². The molecule has 0 saturated heterocycles. The first-order valence-corrected chi connectivity index (χ1v) is 8.89. The normalized spacial score (nSPS) is 12.0. The van der Waals surface area contributed by atoms with Crippen molar-refractivity contribution in [1.29, 1.82) is 0 Å². The molecule has 6 nitrogen and oxygen atoms in total. The minimum Gasteiger partial charge on any atom is -0.310 e. The van der Waals surface area contributed by atoms with Crippen LogP contribution in [-0.2, 0) is 23.1 Å². The maximum Gasteiger partial charge on any atom is 0.241 e. The fourth-order valence-electron chi connectivity index (χ4n) is 1.57. The first-order valence-electron chi connectivity index (χ1n) is 6.53. The second-order valence-electron chi connectivity index (χ2n) is 4.81. The zero-order valence-electron chi connectivity index (χ0n) is 11.9. The van der Waals surface area contributed by atoms with Crippen molar-refractivity contribution in [2.24, 2.45) is 0 Å². The number of hydrogen-bond acceptors (Lipinski definition) is 6. The van der Waals surface area contributed by atoms with Crippen LogP contribution in [0.15, 0.2) is 34.9 Å². The van der Waals surface area contributed by atoms with E-state index in [1.54, 1.807) is 23.7 Å². The zero-order chi connectivity index (χ0) is 15.3. The van der Waals surface area contributed by atoms with Gasteiger partial charge in [0.25, 0.3) is 0 Å². The molecule has 0 saturated carbocycles. The van der Waals surface area contributed by atoms with Crippen molar-refractivity contribution in [3.05, 3.63) is 40.6 Å². The van der Waals surface area contributed by atoms with E-state index in [2.05, 4.69) is 33.9 Å². The molecular formula is C13H18N4O2S2. The van der Waals surface area contributed by atoms with E-state index in [0.29, 0.717) is 23.2 Å². The largest absolute Gasteiger partial charge is 0.310 e. The molecule has 114 valence electrons. The van der Waals surface area contributed by atoms with Crippen molar-refractivity contribution in [1.82, 2.24) is 20.0 Å². The molecule has 8 heteroatoms. The van der Waals surface area contributed by atoms with Gasteiger partial charge < -0.3 is 5.32 Å². The highest BCUT2D eigenvalue weighted by Gasteiger charge is 2.16. The lowest BCUT2D eigenvalue weighted by Gasteiger charge is -2.05. The molecule has 2 heterocycles. The molecule has 21 heavy (non-hydrogen) atoms. The van der Waals surface area contributed by atoms with Gasteiger partial charge in [-0.3, -0.25) is 0 Å². The van der Waals surface area contributed by atoms with Crippen molar-refractivity contribution in [3.63, 3.8) is 0 Å². The second-order valence-corrected chi connectivity index (χ2v) is 7.57. The molecule has 0 fully saturated rings. The predicted octanol–water partition coefficient (Wildman–Crippen LogP) is 1.51. The average molecular weight is 326 g/mol. The Bertz CT molecular complexity index is 668. The topological polar surface area (TPSA) is 84.0 Å². The molecule has 0 aliphatic carbocycles. The fraction of sp³-hybridized carbons (Fsp3) is 0.385. The van der Waals surface area contributed by atoms with Crippen LogP contribution < -0.4 is 10.0 Å². The highest BCUT2D eigenvalue weighted by Crippen LogP contribution is 2.19. The van der Waals surface area contributed by atoms with Crippen LogP contribution in [0.2, 0.25) is 0 Å². The Morgan fingerprint density at radius 1 is 1.33 bits per heavy atom. The summed E-state index contributed by atoms with van der Waals surface area (Å²) >= 11 is 1.43. The van der Waals surface area contributed by atoms with Crippen LogP contribution in [0, 0.1) is 0 Å². The molecule has 0 aliphatic rings. The standard InChI is InChI=1S/C13H18N4O2S2/c1-10(2)15-7-12-5-13(8-20-12)21(18,19)17-6-11-3-4-14-9-16-11/h3-5,8-10,15,17H,6-7H2,1-2H3. The van der Waals surface area contributed by atoms with Gasteiger partial charge in [-0.1, -0.05) is 13.8 Å². The zero-order valence-corrected chi connectivity index (χ0v) is 13.5. The lowest BCUT2D eigenvalue weighted by atomic mass is 10.4. The van der Waals surface area contributed by atoms with E-state index in [-0.39, 0.29) is 6.54 Å². The highest BCUT2D eigenvalue weighted by atomic mass is 32.2. The van der Waals surface area contributed by atoms with Crippen molar-refractivity contribution < 1.29 is 8.42 Å². The first kappa shape index (κ1) is 16.0. The van der Waals surface area contributed by atoms with E-state index in [9.17, 15) is 8.42 Å². The van der Waals surface area contributed by atoms with Gasteiger partial charge in [-0.05, 0) is 12.1 Å². The minimum atomic E-state index is -3.50. The van der Waals surface area contributed by atoms with Gasteiger partial charge in [0.15, 0.2) is 0 Å². The van der Waals surface area contributed by atoms with Gasteiger partial charge in [-0.25, -0.2) is 23.1 Å². The molecule has 2 rings (SSSR count). The minimum absolute atomic E-state index is 0.153. The van der Waals surface area contributed by atoms with Gasteiger partial charge in [-0.2, -0.15) is 0 Å². The average Bonchev–Trinajstić information content (AvgIpc) is 2.94. The summed E-state index contributed by atoms with van der Waals surface area (Å²) in [6, 6.07) is 3.74. The molecule has 2 N–H and O–H groups in total. The summed E-state index contributed by atoms with van der Waals surface area (Å²) in [5, 5.41) is 4.92. The highest BCUT2D eigenvalue weighted by molar-refractivity contribution is 7.89. The summed E-state index contributed by atoms with van der Waals surface area (Å²) in [7, 11) is -3.50. The maximum absolute atomic E-state index is 12.2. The van der Waals surface area contributed by atoms with Crippen LogP contribution in [0.1, 0.15) is 24.4 Å². The number of hydrogen-bond donors (Lipinski definition) is 2. The Hall–Kier alpha value is -1.35. The maximum atomic E-state index is 12.2. The summed E-state index contributed by atoms with van der Waals surface area (Å²) in [6.45, 7) is 4.92. The molecule has 0 spiro atoms. The number of sulfonamides is 1. The summed E-state index contributed by atoms with van der Waals surface area (Å²) in [4.78, 5) is 9.06. The Morgan fingerprint density at radius 3 is 2.81 bits per heavy atom. The molecule has 0 atom stereocenters. The summed E-state index contributed by atoms with van der Waals surface area (Å²) in [5.41, 5.74) is 0.630. The predicted molar refractivity (Wildman–Crippen MR) is 82.4 cm³/mol. The number of rotatable bonds is 7. The van der Waals surface area contributed by atoms with Crippen molar-refractivity contribution >= 4 is 21.4 Å². The van der Waals surface area contributed by atoms with Gasteiger partial charge >= 0.3 is 0 Å². The second kappa shape index (κ2) is 7.08. The Morgan fingerprint density at radius 2 is 2.14 bits per heavy atom. The lowest BCUT2D eigenvalue weighted by molar-refractivity contribution is 0.580. The van der Waals surface area contributed by atoms with Gasteiger partial charge in [0.05, 0.1) is 17.1 Å². The van der Waals surface area contributed by atoms with Crippen molar-refractivity contribution in [2.45, 2.75) is 37.9 Å². The monoisotopic (exact) mass is 326 g/mol. The number of nitrogens with zero attached hydrogens (tertiary/aromatic N) is 2. The SMILES string of the molecule is CC(C)NCc1cc(S(=O)(=O)NCc2ccncn2)cs1. The fourth-order valence-corrected chi connectivity index (χ4v) is 3.80. The van der Waals surface area contributed by atoms with Crippen LogP contribution in [0.4, 0.5) is 0 Å². The quantitative estimate of drug-likeness (QED) is 0.806. The van der Waals surface area contributed by atoms with Gasteiger partial charge in [0, 0.05) is 29.0 Å². The third-order valence-electron chi connectivity index (χ3n) is 2.71. The van der Waals surface area contributed by atoms with Gasteiger partial charge in [0.2, 0.25) is 10.0 Å². The molecule has 0 aromatic carbocycles. The summed E-state index contributed by atoms with van der Waals surface area (Å²) in [5.74, 6) is 0. The summed E-state index contributed by atoms with van der Waals surface area (Å²) in [6.07, 6.45) is 2.97. The third-order valence-corrected chi connectivity index (χ3v) is 5.18. The molecule has 2 aromatic rings. The van der Waals surface area contributed by atoms with Crippen molar-refractivity contribution in [2.75, 3.05) is 0 Å². The summed E-state index contributed by atoms with van der Waals surface area (Å²) < 4.78 is 26.9. The third kappa shape index (κ3) is 4.85. The Labute approximate surface area is 128 Å². The smallest absolute Gasteiger partial charge is 0.241 e. The molecule has 0 bridgehead atoms. The first-order chi connectivity index (χ1) is 9.97. The van der Waals surface area contributed by atoms with Crippen LogP contribution in [0.25, 0.3) is 0 Å². The van der Waals surface area contributed by atoms with Crippen LogP contribution >= 0.6 is 11.3 Å².